The zero-order chi connectivity index (χ0) is 14.1. The van der Waals surface area contributed by atoms with Crippen LogP contribution in [-0.4, -0.2) is 43.3 Å². The highest BCUT2D eigenvalue weighted by Crippen LogP contribution is 2.20. The standard InChI is InChI=1S/C15H19N5/c1-11-10-17-15-14(16-7-8-20(11)15)18-12-5-4-6-13(9-12)19(2)3/h4-9,11H,10H2,1-3H3,(H,16,18). The van der Waals surface area contributed by atoms with Gasteiger partial charge in [-0.15, -0.1) is 0 Å². The molecule has 2 aliphatic rings. The second-order valence-corrected chi connectivity index (χ2v) is 5.27. The summed E-state index contributed by atoms with van der Waals surface area (Å²) in [7, 11) is 4.06. The van der Waals surface area contributed by atoms with Crippen molar-refractivity contribution in [2.24, 2.45) is 9.98 Å². The zero-order valence-corrected chi connectivity index (χ0v) is 12.0. The van der Waals surface area contributed by atoms with E-state index in [0.29, 0.717) is 6.04 Å². The number of hydrogen-bond donors (Lipinski definition) is 1. The van der Waals surface area contributed by atoms with Gasteiger partial charge in [0.2, 0.25) is 0 Å². The van der Waals surface area contributed by atoms with Crippen LogP contribution in [0.3, 0.4) is 0 Å². The molecule has 0 aliphatic carbocycles. The number of aliphatic imine (C=N–C) groups is 2. The Labute approximate surface area is 119 Å². The molecule has 0 bridgehead atoms. The van der Waals surface area contributed by atoms with Gasteiger partial charge in [0.1, 0.15) is 0 Å². The lowest BCUT2D eigenvalue weighted by atomic mass is 10.2. The molecule has 0 saturated heterocycles. The van der Waals surface area contributed by atoms with Crippen molar-refractivity contribution in [3.05, 3.63) is 36.7 Å². The quantitative estimate of drug-likeness (QED) is 0.894. The Morgan fingerprint density at radius 3 is 3.00 bits per heavy atom. The molecular weight excluding hydrogens is 250 g/mol. The SMILES string of the molecule is CC1CN=C2C(Nc3cccc(N(C)C)c3)=NC=CN21. The normalized spacial score (nSPS) is 20.4. The van der Waals surface area contributed by atoms with Crippen molar-refractivity contribution >= 4 is 23.0 Å². The van der Waals surface area contributed by atoms with Gasteiger partial charge in [-0.1, -0.05) is 6.07 Å². The molecule has 1 unspecified atom stereocenters. The summed E-state index contributed by atoms with van der Waals surface area (Å²) in [6.45, 7) is 2.98. The summed E-state index contributed by atoms with van der Waals surface area (Å²) in [5, 5.41) is 3.37. The van der Waals surface area contributed by atoms with Gasteiger partial charge in [0.05, 0.1) is 12.6 Å². The second kappa shape index (κ2) is 5.00. The van der Waals surface area contributed by atoms with Gasteiger partial charge in [-0.3, -0.25) is 4.99 Å². The summed E-state index contributed by atoms with van der Waals surface area (Å²) >= 11 is 0. The molecule has 104 valence electrons. The second-order valence-electron chi connectivity index (χ2n) is 5.27. The van der Waals surface area contributed by atoms with Crippen LogP contribution in [0.2, 0.25) is 0 Å². The molecular formula is C15H19N5. The highest BCUT2D eigenvalue weighted by molar-refractivity contribution is 6.45. The number of anilines is 2. The maximum absolute atomic E-state index is 4.56. The van der Waals surface area contributed by atoms with E-state index in [1.807, 2.05) is 38.6 Å². The summed E-state index contributed by atoms with van der Waals surface area (Å²) in [4.78, 5) is 13.2. The Morgan fingerprint density at radius 1 is 1.35 bits per heavy atom. The number of nitrogens with zero attached hydrogens (tertiary/aromatic N) is 4. The molecule has 0 fully saturated rings. The molecule has 0 radical (unpaired) electrons. The maximum atomic E-state index is 4.56. The van der Waals surface area contributed by atoms with Crippen LogP contribution in [-0.2, 0) is 0 Å². The number of hydrogen-bond acceptors (Lipinski definition) is 5. The number of amidine groups is 2. The van der Waals surface area contributed by atoms with Crippen molar-refractivity contribution in [2.45, 2.75) is 13.0 Å². The van der Waals surface area contributed by atoms with Crippen molar-refractivity contribution in [3.63, 3.8) is 0 Å². The third-order valence-electron chi connectivity index (χ3n) is 3.49. The van der Waals surface area contributed by atoms with Gasteiger partial charge >= 0.3 is 0 Å². The number of rotatable bonds is 2. The minimum atomic E-state index is 0.404. The molecule has 0 spiro atoms. The minimum absolute atomic E-state index is 0.404. The molecule has 1 N–H and O–H groups in total. The average Bonchev–Trinajstić information content (AvgIpc) is 2.82. The summed E-state index contributed by atoms with van der Waals surface area (Å²) in [5.41, 5.74) is 2.17. The van der Waals surface area contributed by atoms with E-state index < -0.39 is 0 Å². The van der Waals surface area contributed by atoms with Gasteiger partial charge < -0.3 is 15.1 Å². The smallest absolute Gasteiger partial charge is 0.173 e. The lowest BCUT2D eigenvalue weighted by Crippen LogP contribution is -2.39. The van der Waals surface area contributed by atoms with Crippen molar-refractivity contribution in [1.82, 2.24) is 4.90 Å². The van der Waals surface area contributed by atoms with Crippen molar-refractivity contribution in [1.29, 1.82) is 0 Å². The Bertz CT molecular complexity index is 600. The van der Waals surface area contributed by atoms with E-state index in [1.165, 1.54) is 0 Å². The molecule has 5 heteroatoms. The highest BCUT2D eigenvalue weighted by Gasteiger charge is 2.27. The van der Waals surface area contributed by atoms with E-state index in [4.69, 9.17) is 0 Å². The summed E-state index contributed by atoms with van der Waals surface area (Å²) in [6.07, 6.45) is 3.80. The molecule has 2 heterocycles. The first-order chi connectivity index (χ1) is 9.65. The molecule has 1 aromatic carbocycles. The van der Waals surface area contributed by atoms with Crippen LogP contribution in [0.25, 0.3) is 0 Å². The molecule has 2 aliphatic heterocycles. The van der Waals surface area contributed by atoms with E-state index >= 15 is 0 Å². The molecule has 3 rings (SSSR count). The Morgan fingerprint density at radius 2 is 2.20 bits per heavy atom. The maximum Gasteiger partial charge on any atom is 0.173 e. The lowest BCUT2D eigenvalue weighted by molar-refractivity contribution is 0.474. The Hall–Kier alpha value is -2.30. The Kier molecular flexibility index (Phi) is 3.18. The summed E-state index contributed by atoms with van der Waals surface area (Å²) in [6, 6.07) is 8.66. The fourth-order valence-corrected chi connectivity index (χ4v) is 2.34. The molecule has 1 aromatic rings. The fourth-order valence-electron chi connectivity index (χ4n) is 2.34. The molecule has 0 aromatic heterocycles. The van der Waals surface area contributed by atoms with Crippen LogP contribution >= 0.6 is 0 Å². The average molecular weight is 269 g/mol. The van der Waals surface area contributed by atoms with Gasteiger partial charge in [-0.25, -0.2) is 4.99 Å². The van der Waals surface area contributed by atoms with Gasteiger partial charge in [0.15, 0.2) is 11.7 Å². The van der Waals surface area contributed by atoms with Crippen LogP contribution in [0.4, 0.5) is 11.4 Å². The Balaban J connectivity index is 1.83. The van der Waals surface area contributed by atoms with E-state index in [9.17, 15) is 0 Å². The predicted molar refractivity (Wildman–Crippen MR) is 84.6 cm³/mol. The molecule has 0 saturated carbocycles. The topological polar surface area (TPSA) is 43.2 Å². The van der Waals surface area contributed by atoms with Gasteiger partial charge in [0, 0.05) is 37.9 Å². The lowest BCUT2D eigenvalue weighted by Gasteiger charge is -2.24. The van der Waals surface area contributed by atoms with Crippen molar-refractivity contribution < 1.29 is 0 Å². The minimum Gasteiger partial charge on any atom is -0.378 e. The van der Waals surface area contributed by atoms with Crippen LogP contribution in [0.1, 0.15) is 6.92 Å². The van der Waals surface area contributed by atoms with Crippen LogP contribution < -0.4 is 10.2 Å². The van der Waals surface area contributed by atoms with E-state index in [2.05, 4.69) is 44.2 Å². The van der Waals surface area contributed by atoms with Gasteiger partial charge in [0.25, 0.3) is 0 Å². The molecule has 0 amide bonds. The number of benzene rings is 1. The van der Waals surface area contributed by atoms with Gasteiger partial charge in [-0.05, 0) is 25.1 Å². The molecule has 1 atom stereocenters. The first kappa shape index (κ1) is 12.7. The predicted octanol–water partition coefficient (Wildman–Crippen LogP) is 2.15. The largest absolute Gasteiger partial charge is 0.378 e. The van der Waals surface area contributed by atoms with Crippen molar-refractivity contribution in [2.75, 3.05) is 30.9 Å². The fraction of sp³-hybridized carbons (Fsp3) is 0.333. The zero-order valence-electron chi connectivity index (χ0n) is 12.0. The van der Waals surface area contributed by atoms with Crippen molar-refractivity contribution in [3.8, 4) is 0 Å². The molecule has 20 heavy (non-hydrogen) atoms. The van der Waals surface area contributed by atoms with Crippen LogP contribution in [0, 0.1) is 0 Å². The number of fused-ring (bicyclic) bond motifs is 1. The van der Waals surface area contributed by atoms with Gasteiger partial charge in [-0.2, -0.15) is 0 Å². The van der Waals surface area contributed by atoms with E-state index in [-0.39, 0.29) is 0 Å². The first-order valence-electron chi connectivity index (χ1n) is 6.77. The summed E-state index contributed by atoms with van der Waals surface area (Å²) < 4.78 is 0. The van der Waals surface area contributed by atoms with E-state index in [1.54, 1.807) is 0 Å². The third kappa shape index (κ3) is 2.27. The first-order valence-corrected chi connectivity index (χ1v) is 6.77. The van der Waals surface area contributed by atoms with Crippen LogP contribution in [0.5, 0.6) is 0 Å². The van der Waals surface area contributed by atoms with E-state index in [0.717, 1.165) is 29.6 Å². The third-order valence-corrected chi connectivity index (χ3v) is 3.49. The number of nitrogens with one attached hydrogen (secondary N) is 1. The monoisotopic (exact) mass is 269 g/mol. The highest BCUT2D eigenvalue weighted by atomic mass is 15.3. The molecule has 5 nitrogen and oxygen atoms in total. The summed E-state index contributed by atoms with van der Waals surface area (Å²) in [5.74, 6) is 1.74. The van der Waals surface area contributed by atoms with Crippen LogP contribution in [0.15, 0.2) is 46.7 Å².